The average molecular weight is 254 g/mol. The van der Waals surface area contributed by atoms with Crippen molar-refractivity contribution in [2.75, 3.05) is 13.1 Å². The van der Waals surface area contributed by atoms with E-state index >= 15 is 0 Å². The zero-order chi connectivity index (χ0) is 13.1. The van der Waals surface area contributed by atoms with Crippen LogP contribution in [0.1, 0.15) is 18.4 Å². The van der Waals surface area contributed by atoms with Crippen LogP contribution in [0.25, 0.3) is 0 Å². The van der Waals surface area contributed by atoms with Gasteiger partial charge in [0.25, 0.3) is 5.69 Å². The van der Waals surface area contributed by atoms with Crippen LogP contribution in [0.2, 0.25) is 0 Å². The van der Waals surface area contributed by atoms with E-state index in [-0.39, 0.29) is 17.5 Å². The molecule has 0 spiro atoms. The third-order valence-electron chi connectivity index (χ3n) is 3.03. The van der Waals surface area contributed by atoms with E-state index in [1.165, 1.54) is 6.07 Å². The molecule has 0 bridgehead atoms. The molecule has 18 heavy (non-hydrogen) atoms. The lowest BCUT2D eigenvalue weighted by atomic mass is 10.1. The molecule has 0 amide bonds. The van der Waals surface area contributed by atoms with Crippen molar-refractivity contribution < 1.29 is 14.1 Å². The number of aryl methyl sites for hydroxylation is 1. The summed E-state index contributed by atoms with van der Waals surface area (Å²) in [5.41, 5.74) is 0.190. The highest BCUT2D eigenvalue weighted by Crippen LogP contribution is 2.28. The molecule has 6 heteroatoms. The molecule has 1 aromatic rings. The summed E-state index contributed by atoms with van der Waals surface area (Å²) in [5.74, 6) is -0.573. The van der Waals surface area contributed by atoms with Gasteiger partial charge < -0.3 is 10.1 Å². The molecule has 1 fully saturated rings. The van der Waals surface area contributed by atoms with Gasteiger partial charge in [0.15, 0.2) is 11.6 Å². The second-order valence-corrected chi connectivity index (χ2v) is 4.39. The van der Waals surface area contributed by atoms with Crippen molar-refractivity contribution in [2.24, 2.45) is 0 Å². The van der Waals surface area contributed by atoms with Gasteiger partial charge in [0.2, 0.25) is 0 Å². The molecule has 1 aliphatic rings. The van der Waals surface area contributed by atoms with Gasteiger partial charge in [0.1, 0.15) is 6.10 Å². The molecule has 0 unspecified atom stereocenters. The normalized spacial score (nSPS) is 16.6. The molecule has 1 aliphatic heterocycles. The number of benzene rings is 1. The predicted molar refractivity (Wildman–Crippen MR) is 64.3 cm³/mol. The Morgan fingerprint density at radius 1 is 1.44 bits per heavy atom. The summed E-state index contributed by atoms with van der Waals surface area (Å²) >= 11 is 0. The predicted octanol–water partition coefficient (Wildman–Crippen LogP) is 2.17. The fraction of sp³-hybridized carbons (Fsp3) is 0.500. The van der Waals surface area contributed by atoms with E-state index in [2.05, 4.69) is 5.32 Å². The van der Waals surface area contributed by atoms with Crippen LogP contribution in [-0.2, 0) is 0 Å². The lowest BCUT2D eigenvalue weighted by Gasteiger charge is -2.24. The first-order valence-corrected chi connectivity index (χ1v) is 5.90. The summed E-state index contributed by atoms with van der Waals surface area (Å²) in [4.78, 5) is 10.1. The summed E-state index contributed by atoms with van der Waals surface area (Å²) in [6.45, 7) is 3.27. The van der Waals surface area contributed by atoms with Crippen LogP contribution in [0.4, 0.5) is 10.1 Å². The van der Waals surface area contributed by atoms with Gasteiger partial charge >= 0.3 is 0 Å². The molecule has 0 aliphatic carbocycles. The Balaban J connectivity index is 2.18. The van der Waals surface area contributed by atoms with Gasteiger partial charge in [-0.2, -0.15) is 0 Å². The zero-order valence-corrected chi connectivity index (χ0v) is 10.1. The first kappa shape index (κ1) is 12.8. The molecule has 0 aromatic heterocycles. The van der Waals surface area contributed by atoms with Crippen molar-refractivity contribution in [1.82, 2.24) is 5.32 Å². The van der Waals surface area contributed by atoms with Gasteiger partial charge in [-0.25, -0.2) is 4.39 Å². The minimum absolute atomic E-state index is 0.0263. The second-order valence-electron chi connectivity index (χ2n) is 4.39. The molecular formula is C12H15FN2O3. The van der Waals surface area contributed by atoms with Crippen LogP contribution in [0.5, 0.6) is 5.75 Å². The fourth-order valence-corrected chi connectivity index (χ4v) is 2.02. The Bertz CT molecular complexity index is 459. The van der Waals surface area contributed by atoms with Gasteiger partial charge in [-0.15, -0.1) is 0 Å². The maximum absolute atomic E-state index is 13.7. The number of nitro benzene ring substituents is 1. The van der Waals surface area contributed by atoms with Crippen molar-refractivity contribution >= 4 is 5.69 Å². The van der Waals surface area contributed by atoms with E-state index in [1.807, 2.05) is 0 Å². The van der Waals surface area contributed by atoms with Crippen LogP contribution < -0.4 is 10.1 Å². The summed E-state index contributed by atoms with van der Waals surface area (Å²) < 4.78 is 19.3. The molecule has 0 atom stereocenters. The zero-order valence-electron chi connectivity index (χ0n) is 10.1. The molecular weight excluding hydrogens is 239 g/mol. The van der Waals surface area contributed by atoms with Gasteiger partial charge in [-0.05, 0) is 38.9 Å². The maximum Gasteiger partial charge on any atom is 0.275 e. The van der Waals surface area contributed by atoms with Gasteiger partial charge in [-0.3, -0.25) is 10.1 Å². The molecule has 0 saturated carbocycles. The molecule has 5 nitrogen and oxygen atoms in total. The highest BCUT2D eigenvalue weighted by atomic mass is 19.1. The largest absolute Gasteiger partial charge is 0.487 e. The number of hydrogen-bond acceptors (Lipinski definition) is 4. The van der Waals surface area contributed by atoms with Crippen molar-refractivity contribution in [1.29, 1.82) is 0 Å². The number of ether oxygens (including phenoxy) is 1. The quantitative estimate of drug-likeness (QED) is 0.663. The van der Waals surface area contributed by atoms with Crippen LogP contribution in [-0.4, -0.2) is 24.1 Å². The molecule has 1 saturated heterocycles. The maximum atomic E-state index is 13.7. The Morgan fingerprint density at radius 2 is 2.11 bits per heavy atom. The Labute approximate surface area is 104 Å². The topological polar surface area (TPSA) is 64.4 Å². The number of nitro groups is 1. The number of piperidine rings is 1. The summed E-state index contributed by atoms with van der Waals surface area (Å²) in [6.07, 6.45) is 1.60. The Kier molecular flexibility index (Phi) is 3.76. The SMILES string of the molecule is Cc1cc(OC2CCNCC2)c(F)cc1[N+](=O)[O-]. The van der Waals surface area contributed by atoms with E-state index < -0.39 is 10.7 Å². The van der Waals surface area contributed by atoms with E-state index in [1.54, 1.807) is 6.92 Å². The van der Waals surface area contributed by atoms with Gasteiger partial charge in [-0.1, -0.05) is 0 Å². The van der Waals surface area contributed by atoms with E-state index in [0.29, 0.717) is 5.56 Å². The average Bonchev–Trinajstić information content (AvgIpc) is 2.34. The molecule has 1 N–H and O–H groups in total. The second kappa shape index (κ2) is 5.30. The highest BCUT2D eigenvalue weighted by molar-refractivity contribution is 5.45. The summed E-state index contributed by atoms with van der Waals surface area (Å²) in [6, 6.07) is 2.32. The first-order chi connectivity index (χ1) is 8.58. The molecule has 2 rings (SSSR count). The highest BCUT2D eigenvalue weighted by Gasteiger charge is 2.20. The first-order valence-electron chi connectivity index (χ1n) is 5.90. The number of hydrogen-bond donors (Lipinski definition) is 1. The molecule has 98 valence electrons. The van der Waals surface area contributed by atoms with Crippen LogP contribution in [0.3, 0.4) is 0 Å². The minimum atomic E-state index is -0.675. The lowest BCUT2D eigenvalue weighted by molar-refractivity contribution is -0.385. The number of rotatable bonds is 3. The van der Waals surface area contributed by atoms with Crippen molar-refractivity contribution in [2.45, 2.75) is 25.9 Å². The Hall–Kier alpha value is -1.69. The third kappa shape index (κ3) is 2.76. The molecule has 0 radical (unpaired) electrons. The lowest BCUT2D eigenvalue weighted by Crippen LogP contribution is -2.34. The third-order valence-corrected chi connectivity index (χ3v) is 3.03. The van der Waals surface area contributed by atoms with Gasteiger partial charge in [0, 0.05) is 5.56 Å². The van der Waals surface area contributed by atoms with Crippen molar-refractivity contribution in [3.63, 3.8) is 0 Å². The Morgan fingerprint density at radius 3 is 2.72 bits per heavy atom. The van der Waals surface area contributed by atoms with Crippen molar-refractivity contribution in [3.8, 4) is 5.75 Å². The summed E-state index contributed by atoms with van der Waals surface area (Å²) in [7, 11) is 0. The standard InChI is InChI=1S/C12H15FN2O3/c1-8-6-12(10(13)7-11(8)15(16)17)18-9-2-4-14-5-3-9/h6-7,9,14H,2-5H2,1H3. The fourth-order valence-electron chi connectivity index (χ4n) is 2.02. The van der Waals surface area contributed by atoms with Gasteiger partial charge in [0.05, 0.1) is 11.0 Å². The van der Waals surface area contributed by atoms with E-state index in [9.17, 15) is 14.5 Å². The minimum Gasteiger partial charge on any atom is -0.487 e. The van der Waals surface area contributed by atoms with E-state index in [0.717, 1.165) is 32.0 Å². The number of nitrogens with zero attached hydrogens (tertiary/aromatic N) is 1. The van der Waals surface area contributed by atoms with Crippen LogP contribution in [0, 0.1) is 22.9 Å². The van der Waals surface area contributed by atoms with E-state index in [4.69, 9.17) is 4.74 Å². The summed E-state index contributed by atoms with van der Waals surface area (Å²) in [5, 5.41) is 13.9. The molecule has 1 heterocycles. The number of halogens is 1. The number of nitrogens with one attached hydrogen (secondary N) is 1. The van der Waals surface area contributed by atoms with Crippen LogP contribution >= 0.6 is 0 Å². The molecule has 1 aromatic carbocycles. The monoisotopic (exact) mass is 254 g/mol. The van der Waals surface area contributed by atoms with Crippen LogP contribution in [0.15, 0.2) is 12.1 Å². The van der Waals surface area contributed by atoms with Crippen molar-refractivity contribution in [3.05, 3.63) is 33.6 Å². The smallest absolute Gasteiger partial charge is 0.275 e.